The van der Waals surface area contributed by atoms with Crippen molar-refractivity contribution in [3.8, 4) is 17.1 Å². The summed E-state index contributed by atoms with van der Waals surface area (Å²) in [6.07, 6.45) is 0. The number of nitrogens with zero attached hydrogens (tertiary/aromatic N) is 3. The number of aromatic nitrogens is 2. The predicted octanol–water partition coefficient (Wildman–Crippen LogP) is 3.69. The molecule has 0 saturated carbocycles. The molecule has 144 valence electrons. The number of ether oxygens (including phenoxy) is 1. The lowest BCUT2D eigenvalue weighted by molar-refractivity contribution is -0.132. The molecule has 1 amide bonds. The van der Waals surface area contributed by atoms with Gasteiger partial charge in [-0.05, 0) is 24.5 Å². The Balaban J connectivity index is 1.40. The monoisotopic (exact) mass is 377 g/mol. The molecule has 0 bridgehead atoms. The van der Waals surface area contributed by atoms with Crippen molar-refractivity contribution in [3.05, 3.63) is 66.1 Å². The van der Waals surface area contributed by atoms with Gasteiger partial charge in [0.15, 0.2) is 6.61 Å². The van der Waals surface area contributed by atoms with Gasteiger partial charge in [-0.15, -0.1) is 0 Å². The van der Waals surface area contributed by atoms with Crippen LogP contribution in [0.4, 0.5) is 0 Å². The molecule has 3 aromatic rings. The number of aryl methyl sites for hydroxylation is 1. The molecular formula is C22H23N3O3. The summed E-state index contributed by atoms with van der Waals surface area (Å²) >= 11 is 0. The Kier molecular flexibility index (Phi) is 5.10. The molecule has 1 aromatic heterocycles. The quantitative estimate of drug-likeness (QED) is 0.678. The van der Waals surface area contributed by atoms with Crippen molar-refractivity contribution in [2.24, 2.45) is 5.92 Å². The van der Waals surface area contributed by atoms with Gasteiger partial charge in [-0.1, -0.05) is 60.6 Å². The summed E-state index contributed by atoms with van der Waals surface area (Å²) in [5, 5.41) is 4.11. The molecule has 0 radical (unpaired) electrons. The number of likely N-dealkylation sites (tertiary alicyclic amines) is 1. The minimum Gasteiger partial charge on any atom is -0.484 e. The van der Waals surface area contributed by atoms with Crippen molar-refractivity contribution in [1.82, 2.24) is 15.0 Å². The van der Waals surface area contributed by atoms with E-state index in [9.17, 15) is 4.79 Å². The second-order valence-electron chi connectivity index (χ2n) is 7.26. The number of carbonyl (C=O) groups is 1. The predicted molar refractivity (Wildman–Crippen MR) is 105 cm³/mol. The fourth-order valence-electron chi connectivity index (χ4n) is 3.53. The molecule has 2 unspecified atom stereocenters. The number of carbonyl (C=O) groups excluding carboxylic acids is 1. The van der Waals surface area contributed by atoms with E-state index in [4.69, 9.17) is 9.26 Å². The Hall–Kier alpha value is -3.15. The minimum absolute atomic E-state index is 0.0274. The lowest BCUT2D eigenvalue weighted by Crippen LogP contribution is -2.33. The average molecular weight is 377 g/mol. The molecule has 0 aliphatic carbocycles. The smallest absolute Gasteiger partial charge is 0.260 e. The summed E-state index contributed by atoms with van der Waals surface area (Å²) in [6.45, 7) is 5.32. The maximum atomic E-state index is 12.6. The molecule has 1 fully saturated rings. The summed E-state index contributed by atoms with van der Waals surface area (Å²) in [5.41, 5.74) is 1.94. The Morgan fingerprint density at radius 1 is 1.14 bits per heavy atom. The van der Waals surface area contributed by atoms with E-state index in [0.717, 1.165) is 16.9 Å². The van der Waals surface area contributed by atoms with Crippen molar-refractivity contribution in [2.45, 2.75) is 19.8 Å². The lowest BCUT2D eigenvalue weighted by Gasteiger charge is -2.17. The van der Waals surface area contributed by atoms with E-state index >= 15 is 0 Å². The summed E-state index contributed by atoms with van der Waals surface area (Å²) in [6, 6.07) is 17.4. The first kappa shape index (κ1) is 18.2. The van der Waals surface area contributed by atoms with Gasteiger partial charge in [0.2, 0.25) is 11.7 Å². The number of rotatable bonds is 5. The van der Waals surface area contributed by atoms with Gasteiger partial charge in [-0.25, -0.2) is 0 Å². The van der Waals surface area contributed by atoms with Crippen molar-refractivity contribution in [3.63, 3.8) is 0 Å². The molecule has 4 rings (SSSR count). The van der Waals surface area contributed by atoms with Gasteiger partial charge in [0, 0.05) is 18.7 Å². The third-order valence-corrected chi connectivity index (χ3v) is 5.20. The number of hydrogen-bond acceptors (Lipinski definition) is 5. The van der Waals surface area contributed by atoms with E-state index in [1.165, 1.54) is 0 Å². The highest BCUT2D eigenvalue weighted by atomic mass is 16.5. The van der Waals surface area contributed by atoms with E-state index in [1.54, 1.807) is 0 Å². The van der Waals surface area contributed by atoms with E-state index in [0.29, 0.717) is 24.8 Å². The van der Waals surface area contributed by atoms with Crippen LogP contribution in [0, 0.1) is 12.8 Å². The van der Waals surface area contributed by atoms with Crippen molar-refractivity contribution < 1.29 is 14.1 Å². The van der Waals surface area contributed by atoms with E-state index < -0.39 is 0 Å². The summed E-state index contributed by atoms with van der Waals surface area (Å²) in [7, 11) is 0. The van der Waals surface area contributed by atoms with E-state index in [1.807, 2.05) is 66.4 Å². The molecule has 6 heteroatoms. The fourth-order valence-corrected chi connectivity index (χ4v) is 3.53. The second kappa shape index (κ2) is 7.84. The summed E-state index contributed by atoms with van der Waals surface area (Å²) in [4.78, 5) is 19.0. The third kappa shape index (κ3) is 3.76. The Morgan fingerprint density at radius 2 is 1.89 bits per heavy atom. The maximum absolute atomic E-state index is 12.6. The molecule has 2 atom stereocenters. The maximum Gasteiger partial charge on any atom is 0.260 e. The molecular weight excluding hydrogens is 354 g/mol. The zero-order valence-corrected chi connectivity index (χ0v) is 16.0. The molecule has 1 saturated heterocycles. The van der Waals surface area contributed by atoms with Crippen molar-refractivity contribution in [2.75, 3.05) is 19.7 Å². The number of amides is 1. The van der Waals surface area contributed by atoms with Gasteiger partial charge in [-0.2, -0.15) is 4.98 Å². The van der Waals surface area contributed by atoms with Crippen molar-refractivity contribution >= 4 is 5.91 Å². The molecule has 1 aliphatic heterocycles. The molecule has 2 heterocycles. The van der Waals surface area contributed by atoms with E-state index in [-0.39, 0.29) is 24.3 Å². The minimum atomic E-state index is -0.0274. The second-order valence-corrected chi connectivity index (χ2v) is 7.26. The average Bonchev–Trinajstić information content (AvgIpc) is 3.34. The van der Waals surface area contributed by atoms with Crippen LogP contribution in [-0.2, 0) is 4.79 Å². The highest BCUT2D eigenvalue weighted by Gasteiger charge is 2.37. The van der Waals surface area contributed by atoms with Crippen LogP contribution < -0.4 is 4.74 Å². The van der Waals surface area contributed by atoms with Gasteiger partial charge in [0.1, 0.15) is 5.75 Å². The normalized spacial score (nSPS) is 19.0. The van der Waals surface area contributed by atoms with Crippen LogP contribution in [0.5, 0.6) is 5.75 Å². The first-order chi connectivity index (χ1) is 13.6. The number of benzene rings is 2. The van der Waals surface area contributed by atoms with Crippen LogP contribution in [0.3, 0.4) is 0 Å². The summed E-state index contributed by atoms with van der Waals surface area (Å²) < 4.78 is 11.2. The zero-order valence-electron chi connectivity index (χ0n) is 16.0. The van der Waals surface area contributed by atoms with Crippen molar-refractivity contribution in [1.29, 1.82) is 0 Å². The van der Waals surface area contributed by atoms with Crippen LogP contribution in [0.1, 0.15) is 24.3 Å². The molecule has 1 aliphatic rings. The van der Waals surface area contributed by atoms with Crippen LogP contribution in [-0.4, -0.2) is 40.6 Å². The highest BCUT2D eigenvalue weighted by molar-refractivity contribution is 5.78. The highest BCUT2D eigenvalue weighted by Crippen LogP contribution is 2.32. The lowest BCUT2D eigenvalue weighted by atomic mass is 9.98. The molecule has 0 N–H and O–H groups in total. The van der Waals surface area contributed by atoms with E-state index in [2.05, 4.69) is 17.1 Å². The standard InChI is InChI=1S/C22H23N3O3/c1-15-8-6-7-11-19(15)27-14-20(26)25-12-16(2)18(13-25)22-23-21(24-28-22)17-9-4-3-5-10-17/h3-11,16,18H,12-14H2,1-2H3. The molecule has 2 aromatic carbocycles. The fraction of sp³-hybridized carbons (Fsp3) is 0.318. The molecule has 0 spiro atoms. The van der Waals surface area contributed by atoms with Gasteiger partial charge in [0.25, 0.3) is 5.91 Å². The summed E-state index contributed by atoms with van der Waals surface area (Å²) in [5.74, 6) is 2.15. The zero-order chi connectivity index (χ0) is 19.5. The largest absolute Gasteiger partial charge is 0.484 e. The van der Waals surface area contributed by atoms with Crippen LogP contribution in [0.15, 0.2) is 59.1 Å². The van der Waals surface area contributed by atoms with Gasteiger partial charge in [0.05, 0.1) is 5.92 Å². The van der Waals surface area contributed by atoms with Gasteiger partial charge < -0.3 is 14.2 Å². The third-order valence-electron chi connectivity index (χ3n) is 5.20. The topological polar surface area (TPSA) is 68.5 Å². The molecule has 6 nitrogen and oxygen atoms in total. The number of hydrogen-bond donors (Lipinski definition) is 0. The van der Waals surface area contributed by atoms with Gasteiger partial charge in [-0.3, -0.25) is 4.79 Å². The Labute approximate surface area is 164 Å². The number of para-hydroxylation sites is 1. The van der Waals surface area contributed by atoms with Gasteiger partial charge >= 0.3 is 0 Å². The Morgan fingerprint density at radius 3 is 2.68 bits per heavy atom. The first-order valence-corrected chi connectivity index (χ1v) is 9.47. The van der Waals surface area contributed by atoms with Crippen LogP contribution in [0.25, 0.3) is 11.4 Å². The van der Waals surface area contributed by atoms with Crippen LogP contribution >= 0.6 is 0 Å². The molecule has 28 heavy (non-hydrogen) atoms. The Bertz CT molecular complexity index is 954. The van der Waals surface area contributed by atoms with Crippen LogP contribution in [0.2, 0.25) is 0 Å². The SMILES string of the molecule is Cc1ccccc1OCC(=O)N1CC(C)C(c2nc(-c3ccccc3)no2)C1. The first-order valence-electron chi connectivity index (χ1n) is 9.47.